The van der Waals surface area contributed by atoms with Crippen molar-refractivity contribution in [3.8, 4) is 0 Å². The number of imidazole rings is 1. The number of anilines is 1. The Balaban J connectivity index is 1.97. The summed E-state index contributed by atoms with van der Waals surface area (Å²) in [6.45, 7) is 3.71. The zero-order chi connectivity index (χ0) is 17.4. The Morgan fingerprint density at radius 1 is 1.21 bits per heavy atom. The smallest absolute Gasteiger partial charge is 0.335 e. The highest BCUT2D eigenvalue weighted by atomic mass is 79.9. The van der Waals surface area contributed by atoms with E-state index in [4.69, 9.17) is 5.11 Å². The van der Waals surface area contributed by atoms with Gasteiger partial charge in [0.15, 0.2) is 0 Å². The summed E-state index contributed by atoms with van der Waals surface area (Å²) in [6, 6.07) is 7.94. The van der Waals surface area contributed by atoms with E-state index < -0.39 is 5.97 Å². The van der Waals surface area contributed by atoms with Gasteiger partial charge in [-0.15, -0.1) is 0 Å². The fourth-order valence-electron chi connectivity index (χ4n) is 2.54. The highest BCUT2D eigenvalue weighted by Crippen LogP contribution is 2.21. The number of aromatic carboxylic acids is 1. The van der Waals surface area contributed by atoms with E-state index in [0.717, 1.165) is 15.7 Å². The molecule has 2 aromatic heterocycles. The van der Waals surface area contributed by atoms with Crippen molar-refractivity contribution in [2.45, 2.75) is 13.8 Å². The molecular formula is C17H14BrN3O3. The molecule has 7 heteroatoms. The van der Waals surface area contributed by atoms with E-state index in [1.807, 2.05) is 13.0 Å². The molecule has 0 saturated carbocycles. The summed E-state index contributed by atoms with van der Waals surface area (Å²) in [4.78, 5) is 28.0. The fraction of sp³-hybridized carbons (Fsp3) is 0.118. The van der Waals surface area contributed by atoms with Gasteiger partial charge in [0.05, 0.1) is 11.3 Å². The van der Waals surface area contributed by atoms with Gasteiger partial charge in [-0.1, -0.05) is 0 Å². The van der Waals surface area contributed by atoms with Gasteiger partial charge < -0.3 is 10.4 Å². The number of nitrogens with one attached hydrogen (secondary N) is 1. The van der Waals surface area contributed by atoms with Gasteiger partial charge in [-0.3, -0.25) is 9.20 Å². The topological polar surface area (TPSA) is 83.7 Å². The minimum atomic E-state index is -1.01. The molecule has 0 spiro atoms. The third-order valence-electron chi connectivity index (χ3n) is 3.65. The normalized spacial score (nSPS) is 10.8. The van der Waals surface area contributed by atoms with Crippen molar-refractivity contribution in [2.75, 3.05) is 5.32 Å². The SMILES string of the molecule is Cc1nc2c(C)cc(Br)cn2c1C(=O)Nc1ccc(C(=O)O)cc1. The molecule has 1 amide bonds. The van der Waals surface area contributed by atoms with E-state index in [0.29, 0.717) is 17.1 Å². The summed E-state index contributed by atoms with van der Waals surface area (Å²) in [5.74, 6) is -1.31. The average Bonchev–Trinajstić information content (AvgIpc) is 2.84. The standard InChI is InChI=1S/C17H14BrN3O3/c1-9-7-12(18)8-21-14(10(2)19-15(9)21)16(22)20-13-5-3-11(4-6-13)17(23)24/h3-8H,1-2H3,(H,20,22)(H,23,24). The van der Waals surface area contributed by atoms with E-state index >= 15 is 0 Å². The third-order valence-corrected chi connectivity index (χ3v) is 4.08. The number of hydrogen-bond donors (Lipinski definition) is 2. The van der Waals surface area contributed by atoms with Gasteiger partial charge in [0, 0.05) is 16.4 Å². The van der Waals surface area contributed by atoms with Crippen LogP contribution >= 0.6 is 15.9 Å². The summed E-state index contributed by atoms with van der Waals surface area (Å²) in [7, 11) is 0. The molecule has 0 fully saturated rings. The Morgan fingerprint density at radius 3 is 2.50 bits per heavy atom. The molecular weight excluding hydrogens is 374 g/mol. The summed E-state index contributed by atoms with van der Waals surface area (Å²) >= 11 is 3.43. The Kier molecular flexibility index (Phi) is 4.11. The number of hydrogen-bond acceptors (Lipinski definition) is 3. The summed E-state index contributed by atoms with van der Waals surface area (Å²) in [5.41, 5.74) is 3.43. The van der Waals surface area contributed by atoms with Crippen LogP contribution in [0.15, 0.2) is 41.0 Å². The quantitative estimate of drug-likeness (QED) is 0.717. The fourth-order valence-corrected chi connectivity index (χ4v) is 3.09. The number of halogens is 1. The molecule has 122 valence electrons. The maximum atomic E-state index is 12.6. The van der Waals surface area contributed by atoms with Gasteiger partial charge in [0.25, 0.3) is 5.91 Å². The molecule has 0 aliphatic rings. The van der Waals surface area contributed by atoms with Crippen molar-refractivity contribution < 1.29 is 14.7 Å². The second-order valence-corrected chi connectivity index (χ2v) is 6.33. The average molecular weight is 388 g/mol. The number of aromatic nitrogens is 2. The lowest BCUT2D eigenvalue weighted by Crippen LogP contribution is -2.15. The van der Waals surface area contributed by atoms with Crippen LogP contribution in [0.2, 0.25) is 0 Å². The highest BCUT2D eigenvalue weighted by molar-refractivity contribution is 9.10. The van der Waals surface area contributed by atoms with Crippen LogP contribution < -0.4 is 5.32 Å². The number of benzene rings is 1. The van der Waals surface area contributed by atoms with Gasteiger partial charge in [0.2, 0.25) is 0 Å². The molecule has 0 bridgehead atoms. The van der Waals surface area contributed by atoms with Crippen molar-refractivity contribution in [1.82, 2.24) is 9.38 Å². The van der Waals surface area contributed by atoms with Crippen LogP contribution in [0.1, 0.15) is 32.1 Å². The Labute approximate surface area is 146 Å². The van der Waals surface area contributed by atoms with E-state index in [1.165, 1.54) is 12.1 Å². The van der Waals surface area contributed by atoms with Gasteiger partial charge >= 0.3 is 5.97 Å². The molecule has 1 aromatic carbocycles. The Hall–Kier alpha value is -2.67. The first kappa shape index (κ1) is 16.2. The lowest BCUT2D eigenvalue weighted by Gasteiger charge is -2.07. The largest absolute Gasteiger partial charge is 0.478 e. The number of aryl methyl sites for hydroxylation is 2. The first-order chi connectivity index (χ1) is 11.4. The van der Waals surface area contributed by atoms with Crippen LogP contribution in [0.4, 0.5) is 5.69 Å². The van der Waals surface area contributed by atoms with E-state index in [2.05, 4.69) is 26.2 Å². The van der Waals surface area contributed by atoms with Crippen molar-refractivity contribution in [1.29, 1.82) is 0 Å². The monoisotopic (exact) mass is 387 g/mol. The minimum absolute atomic E-state index is 0.165. The van der Waals surface area contributed by atoms with Crippen LogP contribution in [0.5, 0.6) is 0 Å². The highest BCUT2D eigenvalue weighted by Gasteiger charge is 2.18. The van der Waals surface area contributed by atoms with Crippen molar-refractivity contribution in [3.63, 3.8) is 0 Å². The van der Waals surface area contributed by atoms with Crippen molar-refractivity contribution >= 4 is 39.1 Å². The number of rotatable bonds is 3. The molecule has 3 aromatic rings. The number of fused-ring (bicyclic) bond motifs is 1. The van der Waals surface area contributed by atoms with Crippen LogP contribution in [0, 0.1) is 13.8 Å². The summed E-state index contributed by atoms with van der Waals surface area (Å²) < 4.78 is 2.60. The second kappa shape index (κ2) is 6.09. The minimum Gasteiger partial charge on any atom is -0.478 e. The second-order valence-electron chi connectivity index (χ2n) is 5.42. The predicted octanol–water partition coefficient (Wildman–Crippen LogP) is 3.66. The molecule has 0 aliphatic carbocycles. The van der Waals surface area contributed by atoms with Gasteiger partial charge in [0.1, 0.15) is 11.3 Å². The summed E-state index contributed by atoms with van der Waals surface area (Å²) in [5, 5.41) is 11.7. The van der Waals surface area contributed by atoms with E-state index in [1.54, 1.807) is 29.7 Å². The maximum absolute atomic E-state index is 12.6. The first-order valence-corrected chi connectivity index (χ1v) is 7.95. The zero-order valence-electron chi connectivity index (χ0n) is 13.0. The molecule has 3 rings (SSSR count). The van der Waals surface area contributed by atoms with Crippen LogP contribution in [-0.4, -0.2) is 26.4 Å². The molecule has 0 atom stereocenters. The number of pyridine rings is 1. The number of carbonyl (C=O) groups excluding carboxylic acids is 1. The molecule has 0 radical (unpaired) electrons. The number of carboxylic acids is 1. The van der Waals surface area contributed by atoms with Gasteiger partial charge in [-0.2, -0.15) is 0 Å². The van der Waals surface area contributed by atoms with E-state index in [-0.39, 0.29) is 11.5 Å². The molecule has 0 aliphatic heterocycles. The summed E-state index contributed by atoms with van der Waals surface area (Å²) in [6.07, 6.45) is 1.80. The zero-order valence-corrected chi connectivity index (χ0v) is 14.6. The van der Waals surface area contributed by atoms with E-state index in [9.17, 15) is 9.59 Å². The third kappa shape index (κ3) is 2.90. The number of nitrogens with zero attached hydrogens (tertiary/aromatic N) is 2. The molecule has 2 heterocycles. The Morgan fingerprint density at radius 2 is 1.88 bits per heavy atom. The van der Waals surface area contributed by atoms with Crippen LogP contribution in [0.3, 0.4) is 0 Å². The molecule has 0 unspecified atom stereocenters. The number of carbonyl (C=O) groups is 2. The van der Waals surface area contributed by atoms with Crippen LogP contribution in [0.25, 0.3) is 5.65 Å². The molecule has 0 saturated heterocycles. The molecule has 2 N–H and O–H groups in total. The van der Waals surface area contributed by atoms with Gasteiger partial charge in [-0.25, -0.2) is 9.78 Å². The first-order valence-electron chi connectivity index (χ1n) is 7.16. The Bertz CT molecular complexity index is 961. The van der Waals surface area contributed by atoms with Crippen LogP contribution in [-0.2, 0) is 0 Å². The van der Waals surface area contributed by atoms with Crippen molar-refractivity contribution in [2.24, 2.45) is 0 Å². The lowest BCUT2D eigenvalue weighted by molar-refractivity contribution is 0.0696. The number of carboxylic acid groups (broad SMARTS) is 1. The van der Waals surface area contributed by atoms with Gasteiger partial charge in [-0.05, 0) is 65.7 Å². The lowest BCUT2D eigenvalue weighted by atomic mass is 10.2. The molecule has 6 nitrogen and oxygen atoms in total. The number of amides is 1. The van der Waals surface area contributed by atoms with Crippen molar-refractivity contribution in [3.05, 3.63) is 63.5 Å². The molecule has 24 heavy (non-hydrogen) atoms. The maximum Gasteiger partial charge on any atom is 0.335 e. The predicted molar refractivity (Wildman–Crippen MR) is 93.7 cm³/mol.